The van der Waals surface area contributed by atoms with Gasteiger partial charge in [0.25, 0.3) is 0 Å². The van der Waals surface area contributed by atoms with Crippen LogP contribution in [-0.2, 0) is 12.8 Å². The Labute approximate surface area is 128 Å². The molecule has 0 radical (unpaired) electrons. The van der Waals surface area contributed by atoms with Crippen LogP contribution in [-0.4, -0.2) is 7.11 Å². The molecule has 21 heavy (non-hydrogen) atoms. The first-order valence-electron chi connectivity index (χ1n) is 8.90. The van der Waals surface area contributed by atoms with Crippen molar-refractivity contribution >= 4 is 0 Å². The van der Waals surface area contributed by atoms with Crippen LogP contribution in [0.2, 0.25) is 0 Å². The fourth-order valence-electron chi connectivity index (χ4n) is 6.80. The first-order chi connectivity index (χ1) is 10.2. The molecule has 1 aromatic rings. The van der Waals surface area contributed by atoms with Gasteiger partial charge >= 0.3 is 0 Å². The van der Waals surface area contributed by atoms with Gasteiger partial charge in [-0.2, -0.15) is 0 Å². The molecule has 112 valence electrons. The van der Waals surface area contributed by atoms with Crippen LogP contribution < -0.4 is 4.74 Å². The van der Waals surface area contributed by atoms with E-state index >= 15 is 0 Å². The van der Waals surface area contributed by atoms with Crippen molar-refractivity contribution in [3.8, 4) is 5.75 Å². The van der Waals surface area contributed by atoms with Gasteiger partial charge in [-0.25, -0.2) is 0 Å². The van der Waals surface area contributed by atoms with E-state index in [1.165, 1.54) is 44.9 Å². The summed E-state index contributed by atoms with van der Waals surface area (Å²) in [6.45, 7) is 2.60. The van der Waals surface area contributed by atoms with Crippen LogP contribution in [0.25, 0.3) is 0 Å². The van der Waals surface area contributed by atoms with Crippen LogP contribution in [0.3, 0.4) is 0 Å². The van der Waals surface area contributed by atoms with E-state index in [0.717, 1.165) is 29.4 Å². The highest BCUT2D eigenvalue weighted by Crippen LogP contribution is 2.65. The zero-order valence-electron chi connectivity index (χ0n) is 13.3. The maximum atomic E-state index is 5.67. The van der Waals surface area contributed by atoms with Crippen molar-refractivity contribution in [2.75, 3.05) is 7.11 Å². The van der Waals surface area contributed by atoms with Crippen molar-refractivity contribution < 1.29 is 4.74 Å². The van der Waals surface area contributed by atoms with Crippen molar-refractivity contribution in [1.82, 2.24) is 0 Å². The minimum Gasteiger partial charge on any atom is -0.496 e. The second-order valence-corrected chi connectivity index (χ2v) is 8.36. The molecule has 0 heterocycles. The molecule has 0 N–H and O–H groups in total. The summed E-state index contributed by atoms with van der Waals surface area (Å²) in [6.07, 6.45) is 10.0. The smallest absolute Gasteiger partial charge is 0.122 e. The minimum absolute atomic E-state index is 0.674. The van der Waals surface area contributed by atoms with Crippen LogP contribution >= 0.6 is 0 Å². The zero-order valence-corrected chi connectivity index (χ0v) is 13.3. The van der Waals surface area contributed by atoms with Gasteiger partial charge in [0.15, 0.2) is 0 Å². The largest absolute Gasteiger partial charge is 0.496 e. The molecule has 1 unspecified atom stereocenters. The predicted octanol–water partition coefficient (Wildman–Crippen LogP) is 4.72. The Balaban J connectivity index is 1.64. The van der Waals surface area contributed by atoms with E-state index < -0.39 is 0 Å². The molecule has 0 amide bonds. The molecule has 2 saturated carbocycles. The van der Waals surface area contributed by atoms with Gasteiger partial charge < -0.3 is 4.74 Å². The normalized spacial score (nSPS) is 42.6. The van der Waals surface area contributed by atoms with Crippen LogP contribution in [0.1, 0.15) is 61.6 Å². The number of ether oxygens (including phenoxy) is 1. The maximum absolute atomic E-state index is 5.67. The molecular weight excluding hydrogens is 256 g/mol. The Bertz CT molecular complexity index is 604. The van der Waals surface area contributed by atoms with E-state index in [4.69, 9.17) is 4.74 Å². The maximum Gasteiger partial charge on any atom is 0.122 e. The lowest BCUT2D eigenvalue weighted by Gasteiger charge is -2.55. The molecule has 4 bridgehead atoms. The summed E-state index contributed by atoms with van der Waals surface area (Å²) in [7, 11) is 1.84. The second kappa shape index (κ2) is 4.06. The van der Waals surface area contributed by atoms with Gasteiger partial charge in [-0.3, -0.25) is 0 Å². The summed E-state index contributed by atoms with van der Waals surface area (Å²) in [4.78, 5) is 0. The second-order valence-electron chi connectivity index (χ2n) is 8.36. The van der Waals surface area contributed by atoms with E-state index in [9.17, 15) is 0 Å². The first kappa shape index (κ1) is 12.6. The van der Waals surface area contributed by atoms with E-state index in [2.05, 4.69) is 19.1 Å². The number of methoxy groups -OCH3 is 1. The highest BCUT2D eigenvalue weighted by atomic mass is 16.5. The number of hydrogen-bond donors (Lipinski definition) is 0. The van der Waals surface area contributed by atoms with Crippen molar-refractivity contribution in [2.45, 2.75) is 57.8 Å². The number of rotatable bonds is 1. The van der Waals surface area contributed by atoms with Crippen LogP contribution in [0, 0.1) is 23.2 Å². The molecule has 1 heteroatoms. The van der Waals surface area contributed by atoms with Gasteiger partial charge in [-0.05, 0) is 90.4 Å². The van der Waals surface area contributed by atoms with Crippen molar-refractivity contribution in [3.05, 3.63) is 28.8 Å². The Morgan fingerprint density at radius 1 is 1.14 bits per heavy atom. The molecule has 6 rings (SSSR count). The summed E-state index contributed by atoms with van der Waals surface area (Å²) in [5.74, 6) is 4.91. The van der Waals surface area contributed by atoms with E-state index in [-0.39, 0.29) is 0 Å². The van der Waals surface area contributed by atoms with E-state index in [0.29, 0.717) is 5.41 Å². The highest BCUT2D eigenvalue weighted by Gasteiger charge is 2.55. The van der Waals surface area contributed by atoms with Crippen LogP contribution in [0.4, 0.5) is 0 Å². The van der Waals surface area contributed by atoms with Gasteiger partial charge in [0.05, 0.1) is 7.11 Å². The monoisotopic (exact) mass is 282 g/mol. The molecule has 1 nitrogen and oxygen atoms in total. The summed E-state index contributed by atoms with van der Waals surface area (Å²) >= 11 is 0. The topological polar surface area (TPSA) is 9.23 Å². The molecule has 5 aliphatic carbocycles. The Morgan fingerprint density at radius 2 is 2.05 bits per heavy atom. The minimum atomic E-state index is 0.674. The van der Waals surface area contributed by atoms with E-state index in [1.807, 2.05) is 7.11 Å². The molecule has 5 aliphatic rings. The Morgan fingerprint density at radius 3 is 2.90 bits per heavy atom. The zero-order chi connectivity index (χ0) is 14.2. The summed E-state index contributed by atoms with van der Waals surface area (Å²) in [6, 6.07) is 4.58. The number of fused-ring (bicyclic) bond motifs is 1. The Hall–Kier alpha value is -0.980. The molecule has 5 atom stereocenters. The fourth-order valence-corrected chi connectivity index (χ4v) is 6.80. The highest BCUT2D eigenvalue weighted by molar-refractivity contribution is 5.52. The fraction of sp³-hybridized carbons (Fsp3) is 0.700. The molecule has 0 spiro atoms. The lowest BCUT2D eigenvalue weighted by atomic mass is 9.49. The van der Waals surface area contributed by atoms with Gasteiger partial charge in [-0.15, -0.1) is 0 Å². The molecule has 2 fully saturated rings. The summed E-state index contributed by atoms with van der Waals surface area (Å²) < 4.78 is 5.67. The summed E-state index contributed by atoms with van der Waals surface area (Å²) in [5.41, 5.74) is 5.64. The average molecular weight is 282 g/mol. The molecule has 0 saturated heterocycles. The Kier molecular flexibility index (Phi) is 2.42. The standard InChI is InChI=1S/C20H26O/c1-20-8-3-4-16(20)19-13-10-12-5-6-17(21-2)15(11-13)18(12)14(19)7-9-20/h5-6,13-14,16,19H,3-4,7-11H2,1-2H3/t13?,14-,16+,19-,20+/m1/s1. The quantitative estimate of drug-likeness (QED) is 0.724. The lowest BCUT2D eigenvalue weighted by molar-refractivity contribution is 0.0176. The van der Waals surface area contributed by atoms with Gasteiger partial charge in [0.2, 0.25) is 0 Å². The predicted molar refractivity (Wildman–Crippen MR) is 84.8 cm³/mol. The summed E-state index contributed by atoms with van der Waals surface area (Å²) in [5, 5.41) is 0. The third-order valence-electron chi connectivity index (χ3n) is 7.60. The van der Waals surface area contributed by atoms with Crippen LogP contribution in [0.5, 0.6) is 5.75 Å². The van der Waals surface area contributed by atoms with Gasteiger partial charge in [0.1, 0.15) is 5.75 Å². The van der Waals surface area contributed by atoms with Crippen molar-refractivity contribution in [1.29, 1.82) is 0 Å². The third kappa shape index (κ3) is 1.48. The average Bonchev–Trinajstić information content (AvgIpc) is 2.89. The molecule has 0 aliphatic heterocycles. The van der Waals surface area contributed by atoms with Crippen LogP contribution in [0.15, 0.2) is 12.1 Å². The number of benzene rings is 1. The van der Waals surface area contributed by atoms with Gasteiger partial charge in [-0.1, -0.05) is 19.4 Å². The van der Waals surface area contributed by atoms with Crippen molar-refractivity contribution in [3.63, 3.8) is 0 Å². The van der Waals surface area contributed by atoms with E-state index in [1.54, 1.807) is 16.7 Å². The SMILES string of the molecule is COc1ccc2c3c1CC(C2)[C@@H]1[C@@H]3CC[C@]2(C)CCC[C@@H]12. The third-order valence-corrected chi connectivity index (χ3v) is 7.60. The number of hydrogen-bond acceptors (Lipinski definition) is 1. The first-order valence-corrected chi connectivity index (χ1v) is 8.90. The van der Waals surface area contributed by atoms with Crippen molar-refractivity contribution in [2.24, 2.45) is 23.2 Å². The molecular formula is C20H26O. The molecule has 0 aromatic heterocycles. The van der Waals surface area contributed by atoms with Gasteiger partial charge in [0, 0.05) is 0 Å². The lowest BCUT2D eigenvalue weighted by Crippen LogP contribution is -2.47. The molecule has 1 aromatic carbocycles.